The molecule has 318 valence electrons. The Morgan fingerprint density at radius 3 is 1.62 bits per heavy atom. The van der Waals surface area contributed by atoms with Crippen molar-refractivity contribution in [2.45, 2.75) is 60.3 Å². The maximum atomic E-state index is 6.44. The molecule has 2 aromatic heterocycles. The number of benzene rings is 3. The second-order valence-corrected chi connectivity index (χ2v) is 18.4. The Kier molecular flexibility index (Phi) is 15.8. The maximum Gasteiger partial charge on any atom is 0.127 e. The van der Waals surface area contributed by atoms with Crippen molar-refractivity contribution in [1.29, 1.82) is 0 Å². The van der Waals surface area contributed by atoms with Crippen LogP contribution in [-0.2, 0) is 29.1 Å². The molecular formula is C52H62O6S2. The molecule has 0 N–H and O–H groups in total. The molecule has 3 aromatic carbocycles. The molecule has 1 unspecified atom stereocenters. The summed E-state index contributed by atoms with van der Waals surface area (Å²) >= 11 is 3.78. The quantitative estimate of drug-likeness (QED) is 0.0574. The van der Waals surface area contributed by atoms with Crippen LogP contribution in [0.5, 0.6) is 5.75 Å². The molecule has 0 amide bonds. The Morgan fingerprint density at radius 1 is 0.600 bits per heavy atom. The van der Waals surface area contributed by atoms with Gasteiger partial charge in [0.15, 0.2) is 0 Å². The number of thiophene rings is 2. The smallest absolute Gasteiger partial charge is 0.127 e. The van der Waals surface area contributed by atoms with Gasteiger partial charge in [-0.25, -0.2) is 0 Å². The van der Waals surface area contributed by atoms with Crippen LogP contribution in [0.15, 0.2) is 97.3 Å². The largest absolute Gasteiger partial charge is 0.491 e. The Hall–Kier alpha value is -4.28. The van der Waals surface area contributed by atoms with E-state index in [4.69, 9.17) is 28.4 Å². The summed E-state index contributed by atoms with van der Waals surface area (Å²) in [4.78, 5) is 5.36. The summed E-state index contributed by atoms with van der Waals surface area (Å²) in [6.45, 7) is 24.0. The minimum Gasteiger partial charge on any atom is -0.491 e. The number of hydrogen-bond acceptors (Lipinski definition) is 8. The number of methoxy groups -OCH3 is 2. The molecule has 6 nitrogen and oxygen atoms in total. The molecule has 0 saturated heterocycles. The highest BCUT2D eigenvalue weighted by Crippen LogP contribution is 2.46. The first-order valence-corrected chi connectivity index (χ1v) is 22.6. The van der Waals surface area contributed by atoms with Gasteiger partial charge in [-0.1, -0.05) is 81.5 Å². The van der Waals surface area contributed by atoms with Crippen molar-refractivity contribution >= 4 is 28.2 Å². The fourth-order valence-corrected chi connectivity index (χ4v) is 10.3. The van der Waals surface area contributed by atoms with Gasteiger partial charge in [-0.05, 0) is 120 Å². The van der Waals surface area contributed by atoms with Crippen molar-refractivity contribution in [3.05, 3.63) is 130 Å². The fraction of sp³-hybridized carbons (Fsp3) is 0.385. The maximum absolute atomic E-state index is 6.44. The van der Waals surface area contributed by atoms with Gasteiger partial charge in [0.2, 0.25) is 0 Å². The number of rotatable bonds is 20. The molecule has 0 bridgehead atoms. The summed E-state index contributed by atoms with van der Waals surface area (Å²) < 4.78 is 34.5. The zero-order valence-corrected chi connectivity index (χ0v) is 38.6. The lowest BCUT2D eigenvalue weighted by molar-refractivity contribution is 0.0432. The van der Waals surface area contributed by atoms with Crippen LogP contribution in [0.4, 0.5) is 0 Å². The first-order valence-electron chi connectivity index (χ1n) is 20.9. The third kappa shape index (κ3) is 10.8. The van der Waals surface area contributed by atoms with Gasteiger partial charge in [0.05, 0.1) is 39.6 Å². The van der Waals surface area contributed by atoms with Gasteiger partial charge in [0.25, 0.3) is 0 Å². The highest BCUT2D eigenvalue weighted by molar-refractivity contribution is 7.19. The molecule has 0 saturated carbocycles. The van der Waals surface area contributed by atoms with E-state index in [-0.39, 0.29) is 11.3 Å². The van der Waals surface area contributed by atoms with Crippen LogP contribution in [0.1, 0.15) is 59.9 Å². The number of allylic oxidation sites excluding steroid dienone is 4. The topological polar surface area (TPSA) is 55.4 Å². The second-order valence-electron chi connectivity index (χ2n) is 16.3. The van der Waals surface area contributed by atoms with Gasteiger partial charge in [-0.15, -0.1) is 29.3 Å². The SMILES string of the molecule is C=CC1C=CC(OCCOCCOC)=C(c2cc(-c3sc(-c4ccc(-c5ccc(-c6sc(C(C)(C)C)c(C)c6C)cc5)cc4)c(C)c3C)ccc2OCCOCCOC)C1. The van der Waals surface area contributed by atoms with Crippen molar-refractivity contribution in [1.82, 2.24) is 0 Å². The molecular weight excluding hydrogens is 785 g/mol. The predicted octanol–water partition coefficient (Wildman–Crippen LogP) is 13.2. The van der Waals surface area contributed by atoms with Crippen molar-refractivity contribution < 1.29 is 28.4 Å². The van der Waals surface area contributed by atoms with Crippen molar-refractivity contribution in [2.24, 2.45) is 5.92 Å². The highest BCUT2D eigenvalue weighted by atomic mass is 32.1. The van der Waals surface area contributed by atoms with Crippen molar-refractivity contribution in [3.63, 3.8) is 0 Å². The third-order valence-electron chi connectivity index (χ3n) is 11.1. The highest BCUT2D eigenvalue weighted by Gasteiger charge is 2.25. The molecule has 6 rings (SSSR count). The minimum absolute atomic E-state index is 0.141. The normalized spacial score (nSPS) is 14.2. The Balaban J connectivity index is 1.28. The number of hydrogen-bond donors (Lipinski definition) is 0. The minimum atomic E-state index is 0.141. The summed E-state index contributed by atoms with van der Waals surface area (Å²) in [5.74, 6) is 1.79. The molecule has 60 heavy (non-hydrogen) atoms. The predicted molar refractivity (Wildman–Crippen MR) is 253 cm³/mol. The van der Waals surface area contributed by atoms with E-state index in [2.05, 4.69) is 134 Å². The number of ether oxygens (including phenoxy) is 6. The van der Waals surface area contributed by atoms with Crippen LogP contribution >= 0.6 is 22.7 Å². The summed E-state index contributed by atoms with van der Waals surface area (Å²) in [5, 5.41) is 0. The van der Waals surface area contributed by atoms with Crippen LogP contribution in [0.25, 0.3) is 48.0 Å². The van der Waals surface area contributed by atoms with Crippen LogP contribution < -0.4 is 4.74 Å². The molecule has 0 spiro atoms. The summed E-state index contributed by atoms with van der Waals surface area (Å²) in [5.41, 5.74) is 13.7. The van der Waals surface area contributed by atoms with E-state index < -0.39 is 0 Å². The molecule has 8 heteroatoms. The van der Waals surface area contributed by atoms with Crippen LogP contribution in [0.2, 0.25) is 0 Å². The van der Waals surface area contributed by atoms with Crippen LogP contribution in [-0.4, -0.2) is 67.1 Å². The van der Waals surface area contributed by atoms with E-state index in [1.807, 2.05) is 28.7 Å². The zero-order chi connectivity index (χ0) is 42.8. The third-order valence-corrected chi connectivity index (χ3v) is 14.5. The molecule has 1 aliphatic rings. The molecule has 0 radical (unpaired) electrons. The van der Waals surface area contributed by atoms with Gasteiger partial charge in [-0.3, -0.25) is 0 Å². The molecule has 2 heterocycles. The van der Waals surface area contributed by atoms with E-state index in [0.29, 0.717) is 52.9 Å². The van der Waals surface area contributed by atoms with E-state index >= 15 is 0 Å². The monoisotopic (exact) mass is 846 g/mol. The fourth-order valence-electron chi connectivity index (χ4n) is 7.56. The average Bonchev–Trinajstić information content (AvgIpc) is 3.73. The second kappa shape index (κ2) is 21.0. The van der Waals surface area contributed by atoms with Gasteiger partial charge in [-0.2, -0.15) is 0 Å². The van der Waals surface area contributed by atoms with E-state index in [1.165, 1.54) is 64.0 Å². The summed E-state index contributed by atoms with van der Waals surface area (Å²) in [6.07, 6.45) is 6.96. The Labute approximate surface area is 366 Å². The van der Waals surface area contributed by atoms with Crippen molar-refractivity contribution in [3.8, 4) is 48.2 Å². The average molecular weight is 847 g/mol. The van der Waals surface area contributed by atoms with Gasteiger partial charge in [0.1, 0.15) is 24.7 Å². The van der Waals surface area contributed by atoms with E-state index in [0.717, 1.165) is 34.6 Å². The molecule has 1 aliphatic carbocycles. The van der Waals surface area contributed by atoms with Gasteiger partial charge < -0.3 is 28.4 Å². The Bertz CT molecular complexity index is 2270. The van der Waals surface area contributed by atoms with Gasteiger partial charge in [0, 0.05) is 44.9 Å². The van der Waals surface area contributed by atoms with Crippen molar-refractivity contribution in [2.75, 3.05) is 67.1 Å². The lowest BCUT2D eigenvalue weighted by Crippen LogP contribution is -2.13. The van der Waals surface area contributed by atoms with E-state index in [1.54, 1.807) is 14.2 Å². The summed E-state index contributed by atoms with van der Waals surface area (Å²) in [7, 11) is 3.35. The van der Waals surface area contributed by atoms with Crippen LogP contribution in [0.3, 0.4) is 0 Å². The van der Waals surface area contributed by atoms with Gasteiger partial charge >= 0.3 is 0 Å². The van der Waals surface area contributed by atoms with Crippen LogP contribution in [0, 0.1) is 33.6 Å². The molecule has 0 fully saturated rings. The molecule has 5 aromatic rings. The Morgan fingerprint density at radius 2 is 1.08 bits per heavy atom. The first-order chi connectivity index (χ1) is 28.9. The zero-order valence-electron chi connectivity index (χ0n) is 37.0. The van der Waals surface area contributed by atoms with E-state index in [9.17, 15) is 0 Å². The lowest BCUT2D eigenvalue weighted by Gasteiger charge is -2.23. The summed E-state index contributed by atoms with van der Waals surface area (Å²) in [6, 6.07) is 24.7. The first kappa shape index (κ1) is 45.3. The molecule has 0 aliphatic heterocycles. The molecule has 1 atom stereocenters. The lowest BCUT2D eigenvalue weighted by atomic mass is 9.87. The standard InChI is InChI=1S/C52H62O6S2/c1-11-38-12-22-46(57-30-28-55-26-24-53-9)44(32-38)45-33-43(21-23-47(45)58-31-29-56-27-25-54-10)50-35(3)34(2)48(59-50)41-17-13-39(14-18-41)40-15-19-42(20-16-40)49-36(4)37(5)51(60-49)52(6,7)8/h11-23,33,38H,1,24-32H2,2-10H3.